The fourth-order valence-corrected chi connectivity index (χ4v) is 4.83. The highest BCUT2D eigenvalue weighted by molar-refractivity contribution is 8.25. The molecule has 0 aliphatic carbocycles. The Bertz CT molecular complexity index is 366. The Hall–Kier alpha value is -0.780. The molecule has 0 atom stereocenters. The highest BCUT2D eigenvalue weighted by Crippen LogP contribution is 2.62. The third-order valence-corrected chi connectivity index (χ3v) is 5.25. The molecule has 2 N–H and O–H groups in total. The van der Waals surface area contributed by atoms with Crippen LogP contribution in [0, 0.1) is 5.41 Å². The zero-order chi connectivity index (χ0) is 10.5. The first-order valence-electron chi connectivity index (χ1n) is 4.98. The van der Waals surface area contributed by atoms with Gasteiger partial charge >= 0.3 is 0 Å². The zero-order valence-corrected chi connectivity index (χ0v) is 9.15. The summed E-state index contributed by atoms with van der Waals surface area (Å²) in [4.78, 5) is 6.46. The van der Waals surface area contributed by atoms with Crippen LogP contribution in [0.3, 0.4) is 0 Å². The van der Waals surface area contributed by atoms with Crippen LogP contribution >= 0.6 is 10.6 Å². The van der Waals surface area contributed by atoms with Crippen molar-refractivity contribution in [2.24, 2.45) is 5.41 Å². The normalized spacial score (nSPS) is 28.0. The van der Waals surface area contributed by atoms with Gasteiger partial charge in [-0.2, -0.15) is 10.6 Å². The first kappa shape index (κ1) is 9.45. The molecule has 0 bridgehead atoms. The number of nitrogens with zero attached hydrogens (tertiary/aromatic N) is 2. The van der Waals surface area contributed by atoms with Crippen molar-refractivity contribution >= 4 is 16.4 Å². The van der Waals surface area contributed by atoms with Crippen molar-refractivity contribution < 1.29 is 9.11 Å². The van der Waals surface area contributed by atoms with Gasteiger partial charge in [0, 0.05) is 36.2 Å². The van der Waals surface area contributed by atoms with Crippen LogP contribution in [0.4, 0.5) is 5.82 Å². The van der Waals surface area contributed by atoms with E-state index in [-0.39, 0.29) is 5.41 Å². The molecule has 0 radical (unpaired) electrons. The van der Waals surface area contributed by atoms with E-state index >= 15 is 0 Å². The number of rotatable bonds is 1. The van der Waals surface area contributed by atoms with E-state index in [0.717, 1.165) is 18.9 Å². The molecule has 3 heterocycles. The Labute approximate surface area is 90.3 Å². The lowest BCUT2D eigenvalue weighted by Gasteiger charge is -2.64. The molecule has 1 aromatic rings. The Balaban J connectivity index is 1.64. The van der Waals surface area contributed by atoms with Gasteiger partial charge in [0.15, 0.2) is 0 Å². The molecule has 82 valence electrons. The van der Waals surface area contributed by atoms with Crippen molar-refractivity contribution in [2.75, 3.05) is 29.5 Å². The third-order valence-electron chi connectivity index (χ3n) is 3.10. The molecule has 3 rings (SSSR count). The summed E-state index contributed by atoms with van der Waals surface area (Å²) in [6, 6.07) is 5.87. The lowest BCUT2D eigenvalue weighted by Crippen LogP contribution is -2.67. The molecule has 1 aromatic heterocycles. The lowest BCUT2D eigenvalue weighted by atomic mass is 9.83. The van der Waals surface area contributed by atoms with Crippen LogP contribution in [0.25, 0.3) is 0 Å². The SMILES string of the molecule is OS1(O)CC2(CN(c3ccccn3)C2)C1. The predicted octanol–water partition coefficient (Wildman–Crippen LogP) is 1.65. The fraction of sp³-hybridized carbons (Fsp3) is 0.500. The Morgan fingerprint density at radius 2 is 2.00 bits per heavy atom. The van der Waals surface area contributed by atoms with E-state index in [1.807, 2.05) is 18.2 Å². The smallest absolute Gasteiger partial charge is 0.128 e. The average Bonchev–Trinajstić information content (AvgIpc) is 2.11. The molecule has 0 unspecified atom stereocenters. The molecule has 0 saturated carbocycles. The molecule has 2 aliphatic rings. The van der Waals surface area contributed by atoms with Crippen LogP contribution in [-0.2, 0) is 0 Å². The maximum atomic E-state index is 9.38. The highest BCUT2D eigenvalue weighted by atomic mass is 32.3. The van der Waals surface area contributed by atoms with Crippen LogP contribution in [0.1, 0.15) is 0 Å². The van der Waals surface area contributed by atoms with E-state index in [9.17, 15) is 9.11 Å². The van der Waals surface area contributed by atoms with Crippen LogP contribution in [0.2, 0.25) is 0 Å². The van der Waals surface area contributed by atoms with Gasteiger partial charge in [-0.3, -0.25) is 9.11 Å². The summed E-state index contributed by atoms with van der Waals surface area (Å²) in [5, 5.41) is 0. The number of aromatic nitrogens is 1. The van der Waals surface area contributed by atoms with Crippen LogP contribution in [0.5, 0.6) is 0 Å². The second kappa shape index (κ2) is 2.87. The maximum Gasteiger partial charge on any atom is 0.128 e. The number of pyridine rings is 1. The monoisotopic (exact) mass is 226 g/mol. The Morgan fingerprint density at radius 1 is 1.27 bits per heavy atom. The van der Waals surface area contributed by atoms with Crippen LogP contribution < -0.4 is 4.90 Å². The highest BCUT2D eigenvalue weighted by Gasteiger charge is 2.55. The summed E-state index contributed by atoms with van der Waals surface area (Å²) in [6.07, 6.45) is 1.79. The minimum Gasteiger partial charge on any atom is -0.355 e. The molecule has 15 heavy (non-hydrogen) atoms. The molecular weight excluding hydrogens is 212 g/mol. The second-order valence-electron chi connectivity index (χ2n) is 4.63. The molecule has 2 aliphatic heterocycles. The molecule has 2 fully saturated rings. The molecule has 0 amide bonds. The quantitative estimate of drug-likeness (QED) is 0.764. The summed E-state index contributed by atoms with van der Waals surface area (Å²) >= 11 is 0. The number of hydrogen-bond donors (Lipinski definition) is 2. The first-order valence-corrected chi connectivity index (χ1v) is 6.87. The molecule has 0 aromatic carbocycles. The van der Waals surface area contributed by atoms with Gasteiger partial charge in [0.1, 0.15) is 5.82 Å². The van der Waals surface area contributed by atoms with Gasteiger partial charge < -0.3 is 4.90 Å². The van der Waals surface area contributed by atoms with E-state index < -0.39 is 10.6 Å². The summed E-state index contributed by atoms with van der Waals surface area (Å²) in [6.45, 7) is 1.83. The van der Waals surface area contributed by atoms with Gasteiger partial charge in [-0.05, 0) is 12.1 Å². The third kappa shape index (κ3) is 1.51. The molecule has 5 heteroatoms. The summed E-state index contributed by atoms with van der Waals surface area (Å²) in [5.74, 6) is 2.17. The van der Waals surface area contributed by atoms with Crippen LogP contribution in [0.15, 0.2) is 24.4 Å². The molecule has 2 saturated heterocycles. The van der Waals surface area contributed by atoms with E-state index in [1.165, 1.54) is 0 Å². The first-order chi connectivity index (χ1) is 7.09. The largest absolute Gasteiger partial charge is 0.355 e. The van der Waals surface area contributed by atoms with Crippen LogP contribution in [-0.4, -0.2) is 38.7 Å². The minimum atomic E-state index is -2.20. The van der Waals surface area contributed by atoms with Crippen molar-refractivity contribution in [2.45, 2.75) is 0 Å². The van der Waals surface area contributed by atoms with E-state index in [2.05, 4.69) is 9.88 Å². The maximum absolute atomic E-state index is 9.38. The second-order valence-corrected chi connectivity index (χ2v) is 6.82. The Kier molecular flexibility index (Phi) is 1.81. The van der Waals surface area contributed by atoms with Crippen molar-refractivity contribution in [3.8, 4) is 0 Å². The minimum absolute atomic E-state index is 0.177. The summed E-state index contributed by atoms with van der Waals surface area (Å²) < 4.78 is 18.8. The predicted molar refractivity (Wildman–Crippen MR) is 61.5 cm³/mol. The summed E-state index contributed by atoms with van der Waals surface area (Å²) in [5.41, 5.74) is 0.177. The van der Waals surface area contributed by atoms with E-state index in [1.54, 1.807) is 6.20 Å². The van der Waals surface area contributed by atoms with Gasteiger partial charge in [-0.15, -0.1) is 0 Å². The van der Waals surface area contributed by atoms with Gasteiger partial charge in [-0.25, -0.2) is 4.98 Å². The van der Waals surface area contributed by atoms with E-state index in [0.29, 0.717) is 11.5 Å². The van der Waals surface area contributed by atoms with Crippen molar-refractivity contribution in [3.05, 3.63) is 24.4 Å². The van der Waals surface area contributed by atoms with Crippen molar-refractivity contribution in [1.29, 1.82) is 0 Å². The van der Waals surface area contributed by atoms with E-state index in [4.69, 9.17) is 0 Å². The number of anilines is 1. The number of hydrogen-bond acceptors (Lipinski definition) is 4. The van der Waals surface area contributed by atoms with Gasteiger partial charge in [0.25, 0.3) is 0 Å². The van der Waals surface area contributed by atoms with Crippen molar-refractivity contribution in [3.63, 3.8) is 0 Å². The standard InChI is InChI=1S/C10H14N2O2S/c13-15(14)7-10(8-15)5-12(6-10)9-3-1-2-4-11-9/h1-4,13-14H,5-8H2. The topological polar surface area (TPSA) is 56.6 Å². The molecule has 4 nitrogen and oxygen atoms in total. The Morgan fingerprint density at radius 3 is 2.53 bits per heavy atom. The van der Waals surface area contributed by atoms with Gasteiger partial charge in [0.2, 0.25) is 0 Å². The average molecular weight is 226 g/mol. The van der Waals surface area contributed by atoms with Gasteiger partial charge in [0.05, 0.1) is 0 Å². The fourth-order valence-electron chi connectivity index (χ4n) is 2.59. The molecular formula is C10H14N2O2S. The molecule has 1 spiro atoms. The van der Waals surface area contributed by atoms with Gasteiger partial charge in [-0.1, -0.05) is 6.07 Å². The summed E-state index contributed by atoms with van der Waals surface area (Å²) in [7, 11) is -2.20. The van der Waals surface area contributed by atoms with Crippen molar-refractivity contribution in [1.82, 2.24) is 4.98 Å². The zero-order valence-electron chi connectivity index (χ0n) is 8.33. The lowest BCUT2D eigenvalue weighted by molar-refractivity contribution is 0.231.